The van der Waals surface area contributed by atoms with Crippen LogP contribution in [0.25, 0.3) is 11.3 Å². The van der Waals surface area contributed by atoms with Gasteiger partial charge in [-0.25, -0.2) is 13.6 Å². The molecule has 0 radical (unpaired) electrons. The van der Waals surface area contributed by atoms with Gasteiger partial charge < -0.3 is 14.8 Å². The number of anilines is 1. The van der Waals surface area contributed by atoms with Crippen molar-refractivity contribution in [3.8, 4) is 17.0 Å². The molecule has 0 saturated carbocycles. The molecule has 6 nitrogen and oxygen atoms in total. The average molecular weight is 549 g/mol. The van der Waals surface area contributed by atoms with Crippen molar-refractivity contribution in [2.24, 2.45) is 0 Å². The van der Waals surface area contributed by atoms with Gasteiger partial charge in [0.05, 0.1) is 39.7 Å². The third-order valence-corrected chi connectivity index (χ3v) is 5.43. The van der Waals surface area contributed by atoms with Crippen molar-refractivity contribution >= 4 is 40.8 Å². The number of rotatable bonds is 6. The number of alkyl halides is 3. The lowest BCUT2D eigenvalue weighted by molar-refractivity contribution is -0.189. The Hall–Kier alpha value is -3.44. The number of carbonyl (C=O) groups is 2. The van der Waals surface area contributed by atoms with Gasteiger partial charge in [0.15, 0.2) is 6.10 Å². The highest BCUT2D eigenvalue weighted by Gasteiger charge is 2.39. The fourth-order valence-electron chi connectivity index (χ4n) is 2.93. The number of hydrogen-bond acceptors (Lipinski definition) is 5. The van der Waals surface area contributed by atoms with Crippen LogP contribution in [0.3, 0.4) is 0 Å². The van der Waals surface area contributed by atoms with E-state index in [0.29, 0.717) is 13.0 Å². The Morgan fingerprint density at radius 2 is 1.72 bits per heavy atom. The monoisotopic (exact) mass is 548 g/mol. The van der Waals surface area contributed by atoms with Crippen molar-refractivity contribution in [2.75, 3.05) is 12.4 Å². The average Bonchev–Trinajstić information content (AvgIpc) is 2.81. The number of methoxy groups -OCH3 is 1. The van der Waals surface area contributed by atoms with E-state index in [1.165, 1.54) is 12.1 Å². The highest BCUT2D eigenvalue weighted by atomic mass is 35.5. The number of pyridine rings is 1. The Morgan fingerprint density at radius 3 is 2.33 bits per heavy atom. The first-order valence-electron chi connectivity index (χ1n) is 9.90. The van der Waals surface area contributed by atoms with Crippen LogP contribution in [-0.4, -0.2) is 36.3 Å². The maximum absolute atomic E-state index is 15.1. The predicted molar refractivity (Wildman–Crippen MR) is 121 cm³/mol. The fourth-order valence-corrected chi connectivity index (χ4v) is 3.32. The Balaban J connectivity index is 2.13. The SMILES string of the molecule is COC(=O)c1cc(-c2cc(O[C@@H](C)C(F)(F)F)c(C(=O)Nc3c(F)cccc3Cl)cc2F)ncc1Cl. The zero-order chi connectivity index (χ0) is 26.8. The number of hydrogen-bond donors (Lipinski definition) is 1. The summed E-state index contributed by atoms with van der Waals surface area (Å²) in [6, 6.07) is 5.96. The summed E-state index contributed by atoms with van der Waals surface area (Å²) in [7, 11) is 1.08. The number of nitrogens with one attached hydrogen (secondary N) is 1. The molecular formula is C23H15Cl2F5N2O4. The van der Waals surface area contributed by atoms with E-state index in [2.05, 4.69) is 15.0 Å². The van der Waals surface area contributed by atoms with Crippen molar-refractivity contribution in [2.45, 2.75) is 19.2 Å². The highest BCUT2D eigenvalue weighted by Crippen LogP contribution is 2.35. The van der Waals surface area contributed by atoms with Crippen molar-refractivity contribution in [1.29, 1.82) is 0 Å². The van der Waals surface area contributed by atoms with Crippen LogP contribution in [0.2, 0.25) is 10.0 Å². The minimum atomic E-state index is -4.84. The normalized spacial score (nSPS) is 12.1. The number of esters is 1. The Kier molecular flexibility index (Phi) is 8.05. The maximum atomic E-state index is 15.1. The number of para-hydroxylation sites is 1. The molecule has 0 bridgehead atoms. The molecule has 0 unspecified atom stereocenters. The van der Waals surface area contributed by atoms with E-state index in [1.807, 2.05) is 0 Å². The van der Waals surface area contributed by atoms with Gasteiger partial charge in [-0.1, -0.05) is 29.3 Å². The summed E-state index contributed by atoms with van der Waals surface area (Å²) in [5.41, 5.74) is -1.97. The minimum Gasteiger partial charge on any atom is -0.480 e. The second-order valence-corrected chi connectivity index (χ2v) is 8.04. The Bertz CT molecular complexity index is 1310. The Morgan fingerprint density at radius 1 is 1.03 bits per heavy atom. The molecule has 1 amide bonds. The lowest BCUT2D eigenvalue weighted by Crippen LogP contribution is -2.32. The molecule has 1 aromatic heterocycles. The van der Waals surface area contributed by atoms with Gasteiger partial charge in [0.2, 0.25) is 0 Å². The van der Waals surface area contributed by atoms with Crippen LogP contribution in [0, 0.1) is 11.6 Å². The van der Waals surface area contributed by atoms with E-state index in [9.17, 15) is 27.2 Å². The first-order chi connectivity index (χ1) is 16.8. The standard InChI is InChI=1S/C23H15Cl2F5N2O4/c1-10(23(28,29)30)36-19-8-12(18-7-11(22(34)35-2)15(25)9-31-18)17(27)6-13(19)21(33)32-20-14(24)4-3-5-16(20)26/h3-10H,1-2H3,(H,32,33)/t10-/m0/s1. The molecule has 13 heteroatoms. The van der Waals surface area contributed by atoms with Crippen LogP contribution in [0.4, 0.5) is 27.6 Å². The number of nitrogens with zero attached hydrogens (tertiary/aromatic N) is 1. The summed E-state index contributed by atoms with van der Waals surface area (Å²) in [4.78, 5) is 28.7. The molecule has 0 aliphatic heterocycles. The molecule has 0 aliphatic rings. The lowest BCUT2D eigenvalue weighted by Gasteiger charge is -2.21. The number of amides is 1. The number of halogens is 7. The van der Waals surface area contributed by atoms with Crippen LogP contribution >= 0.6 is 23.2 Å². The van der Waals surface area contributed by atoms with Crippen LogP contribution < -0.4 is 10.1 Å². The molecular weight excluding hydrogens is 534 g/mol. The number of aromatic nitrogens is 1. The highest BCUT2D eigenvalue weighted by molar-refractivity contribution is 6.34. The van der Waals surface area contributed by atoms with Gasteiger partial charge in [-0.3, -0.25) is 9.78 Å². The van der Waals surface area contributed by atoms with Crippen LogP contribution in [-0.2, 0) is 4.74 Å². The summed E-state index contributed by atoms with van der Waals surface area (Å²) in [6.45, 7) is 0.675. The molecule has 1 heterocycles. The van der Waals surface area contributed by atoms with E-state index < -0.39 is 58.4 Å². The van der Waals surface area contributed by atoms with Crippen molar-refractivity contribution < 1.29 is 41.0 Å². The van der Waals surface area contributed by atoms with Crippen molar-refractivity contribution in [1.82, 2.24) is 4.98 Å². The van der Waals surface area contributed by atoms with E-state index >= 15 is 4.39 Å². The summed E-state index contributed by atoms with van der Waals surface area (Å²) in [5, 5.41) is 1.78. The van der Waals surface area contributed by atoms with Gasteiger partial charge in [0.1, 0.15) is 17.4 Å². The first kappa shape index (κ1) is 27.2. The molecule has 1 atom stereocenters. The Labute approximate surface area is 210 Å². The molecule has 0 aliphatic carbocycles. The summed E-state index contributed by atoms with van der Waals surface area (Å²) in [5.74, 6) is -4.81. The van der Waals surface area contributed by atoms with Gasteiger partial charge in [0.25, 0.3) is 5.91 Å². The van der Waals surface area contributed by atoms with Gasteiger partial charge >= 0.3 is 12.1 Å². The summed E-state index contributed by atoms with van der Waals surface area (Å²) in [6.07, 6.45) is -6.24. The molecule has 3 rings (SSSR count). The van der Waals surface area contributed by atoms with Crippen molar-refractivity contribution in [3.63, 3.8) is 0 Å². The fraction of sp³-hybridized carbons (Fsp3) is 0.174. The van der Waals surface area contributed by atoms with Gasteiger partial charge in [-0.2, -0.15) is 13.2 Å². The molecule has 190 valence electrons. The van der Waals surface area contributed by atoms with E-state index in [-0.39, 0.29) is 21.3 Å². The smallest absolute Gasteiger partial charge is 0.425 e. The molecule has 0 spiro atoms. The number of carbonyl (C=O) groups excluding carboxylic acids is 2. The second kappa shape index (κ2) is 10.7. The first-order valence-corrected chi connectivity index (χ1v) is 10.7. The van der Waals surface area contributed by atoms with E-state index in [1.54, 1.807) is 0 Å². The molecule has 0 fully saturated rings. The summed E-state index contributed by atoms with van der Waals surface area (Å²) >= 11 is 11.8. The molecule has 36 heavy (non-hydrogen) atoms. The van der Waals surface area contributed by atoms with Gasteiger partial charge in [0, 0.05) is 11.8 Å². The van der Waals surface area contributed by atoms with Crippen molar-refractivity contribution in [3.05, 3.63) is 75.4 Å². The summed E-state index contributed by atoms with van der Waals surface area (Å²) < 4.78 is 78.4. The number of benzene rings is 2. The third kappa shape index (κ3) is 5.85. The predicted octanol–water partition coefficient (Wildman–Crippen LogP) is 6.70. The largest absolute Gasteiger partial charge is 0.480 e. The minimum absolute atomic E-state index is 0.120. The second-order valence-electron chi connectivity index (χ2n) is 7.22. The zero-order valence-corrected chi connectivity index (χ0v) is 19.9. The van der Waals surface area contributed by atoms with Crippen LogP contribution in [0.1, 0.15) is 27.6 Å². The molecule has 3 aromatic rings. The quantitative estimate of drug-likeness (QED) is 0.274. The maximum Gasteiger partial charge on any atom is 0.425 e. The third-order valence-electron chi connectivity index (χ3n) is 4.82. The van der Waals surface area contributed by atoms with E-state index in [4.69, 9.17) is 27.9 Å². The van der Waals surface area contributed by atoms with Gasteiger partial charge in [-0.05, 0) is 37.3 Å². The van der Waals surface area contributed by atoms with E-state index in [0.717, 1.165) is 31.5 Å². The number of ether oxygens (including phenoxy) is 2. The zero-order valence-electron chi connectivity index (χ0n) is 18.3. The molecule has 0 saturated heterocycles. The lowest BCUT2D eigenvalue weighted by atomic mass is 10.0. The molecule has 1 N–H and O–H groups in total. The topological polar surface area (TPSA) is 77.5 Å². The molecule has 2 aromatic carbocycles. The van der Waals surface area contributed by atoms with Crippen LogP contribution in [0.15, 0.2) is 42.6 Å². The van der Waals surface area contributed by atoms with Crippen LogP contribution in [0.5, 0.6) is 5.75 Å². The van der Waals surface area contributed by atoms with Gasteiger partial charge in [-0.15, -0.1) is 0 Å².